The van der Waals surface area contributed by atoms with Crippen LogP contribution in [0.25, 0.3) is 0 Å². The van der Waals surface area contributed by atoms with E-state index in [9.17, 15) is 5.11 Å². The molecular weight excluding hydrogens is 202 g/mol. The minimum atomic E-state index is -0.748. The molecule has 0 aromatic heterocycles. The van der Waals surface area contributed by atoms with E-state index in [1.54, 1.807) is 0 Å². The van der Waals surface area contributed by atoms with Crippen LogP contribution in [0, 0.1) is 0 Å². The maximum Gasteiger partial charge on any atom is 0.102 e. The molecule has 88 valence electrons. The molecule has 16 heavy (non-hydrogen) atoms. The smallest absolute Gasteiger partial charge is 0.102 e. The van der Waals surface area contributed by atoms with Crippen molar-refractivity contribution >= 4 is 0 Å². The molecule has 2 rings (SSSR count). The standard InChI is InChI=1S/C13H19NO2/c15-9-13(16)12-3-1-2-11(8-12)10-4-6-14-7-5-10/h1-3,8,10,13-16H,4-7,9H2. The SMILES string of the molecule is OCC(O)c1cccc(C2CCNCC2)c1. The van der Waals surface area contributed by atoms with Crippen LogP contribution in [0.2, 0.25) is 0 Å². The van der Waals surface area contributed by atoms with Gasteiger partial charge in [0.1, 0.15) is 6.10 Å². The van der Waals surface area contributed by atoms with Gasteiger partial charge in [0.05, 0.1) is 6.61 Å². The zero-order valence-electron chi connectivity index (χ0n) is 9.39. The molecule has 3 heteroatoms. The number of aliphatic hydroxyl groups excluding tert-OH is 2. The Balaban J connectivity index is 2.14. The summed E-state index contributed by atoms with van der Waals surface area (Å²) in [6.45, 7) is 1.92. The Morgan fingerprint density at radius 1 is 1.31 bits per heavy atom. The van der Waals surface area contributed by atoms with Gasteiger partial charge in [-0.3, -0.25) is 0 Å². The van der Waals surface area contributed by atoms with Crippen LogP contribution in [0.1, 0.15) is 36.0 Å². The number of rotatable bonds is 3. The lowest BCUT2D eigenvalue weighted by Crippen LogP contribution is -2.26. The highest BCUT2D eigenvalue weighted by Gasteiger charge is 2.16. The van der Waals surface area contributed by atoms with Crippen LogP contribution in [0.5, 0.6) is 0 Å². The molecule has 0 radical (unpaired) electrons. The Bertz CT molecular complexity index is 334. The van der Waals surface area contributed by atoms with Crippen LogP contribution in [-0.2, 0) is 0 Å². The molecule has 1 fully saturated rings. The van der Waals surface area contributed by atoms with E-state index in [2.05, 4.69) is 11.4 Å². The zero-order valence-corrected chi connectivity index (χ0v) is 9.39. The first kappa shape index (κ1) is 11.6. The predicted octanol–water partition coefficient (Wildman–Crippen LogP) is 1.18. The molecule has 1 heterocycles. The monoisotopic (exact) mass is 221 g/mol. The normalized spacial score (nSPS) is 19.6. The van der Waals surface area contributed by atoms with Crippen molar-refractivity contribution in [3.63, 3.8) is 0 Å². The van der Waals surface area contributed by atoms with Gasteiger partial charge in [-0.25, -0.2) is 0 Å². The summed E-state index contributed by atoms with van der Waals surface area (Å²) in [6.07, 6.45) is 1.55. The molecule has 1 unspecified atom stereocenters. The molecule has 0 saturated carbocycles. The van der Waals surface area contributed by atoms with E-state index in [0.29, 0.717) is 5.92 Å². The fraction of sp³-hybridized carbons (Fsp3) is 0.538. The maximum absolute atomic E-state index is 9.59. The molecule has 3 N–H and O–H groups in total. The molecule has 1 aromatic rings. The fourth-order valence-electron chi connectivity index (χ4n) is 2.28. The fourth-order valence-corrected chi connectivity index (χ4v) is 2.28. The number of piperidine rings is 1. The second-order valence-electron chi connectivity index (χ2n) is 4.39. The van der Waals surface area contributed by atoms with Gasteiger partial charge in [0.15, 0.2) is 0 Å². The summed E-state index contributed by atoms with van der Waals surface area (Å²) in [4.78, 5) is 0. The van der Waals surface area contributed by atoms with Crippen LogP contribution in [-0.4, -0.2) is 29.9 Å². The van der Waals surface area contributed by atoms with Gasteiger partial charge in [0.25, 0.3) is 0 Å². The number of hydrogen-bond acceptors (Lipinski definition) is 3. The van der Waals surface area contributed by atoms with Gasteiger partial charge in [-0.1, -0.05) is 24.3 Å². The molecule has 0 aliphatic carbocycles. The second kappa shape index (κ2) is 5.43. The highest BCUT2D eigenvalue weighted by atomic mass is 16.3. The molecular formula is C13H19NO2. The minimum Gasteiger partial charge on any atom is -0.393 e. The molecule has 0 spiro atoms. The molecule has 3 nitrogen and oxygen atoms in total. The van der Waals surface area contributed by atoms with Crippen LogP contribution in [0.4, 0.5) is 0 Å². The Hall–Kier alpha value is -0.900. The molecule has 1 atom stereocenters. The summed E-state index contributed by atoms with van der Waals surface area (Å²) in [5, 5.41) is 21.9. The molecule has 1 aliphatic heterocycles. The van der Waals surface area contributed by atoms with E-state index in [0.717, 1.165) is 31.5 Å². The lowest BCUT2D eigenvalue weighted by atomic mass is 9.89. The average Bonchev–Trinajstić information content (AvgIpc) is 2.39. The largest absolute Gasteiger partial charge is 0.393 e. The van der Waals surface area contributed by atoms with Gasteiger partial charge in [0, 0.05) is 0 Å². The third-order valence-electron chi connectivity index (χ3n) is 3.28. The zero-order chi connectivity index (χ0) is 11.4. The topological polar surface area (TPSA) is 52.5 Å². The summed E-state index contributed by atoms with van der Waals surface area (Å²) in [5.74, 6) is 0.590. The first-order valence-corrected chi connectivity index (χ1v) is 5.90. The second-order valence-corrected chi connectivity index (χ2v) is 4.39. The summed E-state index contributed by atoms with van der Waals surface area (Å²) >= 11 is 0. The van der Waals surface area contributed by atoms with Crippen molar-refractivity contribution in [2.75, 3.05) is 19.7 Å². The van der Waals surface area contributed by atoms with Crippen molar-refractivity contribution in [2.45, 2.75) is 24.9 Å². The molecule has 0 amide bonds. The number of hydrogen-bond donors (Lipinski definition) is 3. The third kappa shape index (κ3) is 2.61. The van der Waals surface area contributed by atoms with E-state index in [1.807, 2.05) is 18.2 Å². The highest BCUT2D eigenvalue weighted by molar-refractivity contribution is 5.28. The summed E-state index contributed by atoms with van der Waals surface area (Å²) < 4.78 is 0. The van der Waals surface area contributed by atoms with Crippen molar-refractivity contribution in [3.8, 4) is 0 Å². The van der Waals surface area contributed by atoms with Gasteiger partial charge in [-0.05, 0) is 43.0 Å². The lowest BCUT2D eigenvalue weighted by Gasteiger charge is -2.23. The van der Waals surface area contributed by atoms with Crippen LogP contribution in [0.3, 0.4) is 0 Å². The van der Waals surface area contributed by atoms with Crippen molar-refractivity contribution in [1.29, 1.82) is 0 Å². The van der Waals surface area contributed by atoms with E-state index >= 15 is 0 Å². The Morgan fingerprint density at radius 2 is 2.06 bits per heavy atom. The van der Waals surface area contributed by atoms with Crippen molar-refractivity contribution < 1.29 is 10.2 Å². The van der Waals surface area contributed by atoms with Gasteiger partial charge >= 0.3 is 0 Å². The number of nitrogens with one attached hydrogen (secondary N) is 1. The summed E-state index contributed by atoms with van der Waals surface area (Å²) in [6, 6.07) is 7.97. The van der Waals surface area contributed by atoms with Crippen molar-refractivity contribution in [1.82, 2.24) is 5.32 Å². The van der Waals surface area contributed by atoms with Crippen molar-refractivity contribution in [3.05, 3.63) is 35.4 Å². The number of benzene rings is 1. The van der Waals surface area contributed by atoms with Gasteiger partial charge in [-0.15, -0.1) is 0 Å². The molecule has 0 bridgehead atoms. The van der Waals surface area contributed by atoms with Gasteiger partial charge in [0.2, 0.25) is 0 Å². The summed E-state index contributed by atoms with van der Waals surface area (Å²) in [7, 11) is 0. The average molecular weight is 221 g/mol. The predicted molar refractivity (Wildman–Crippen MR) is 63.3 cm³/mol. The highest BCUT2D eigenvalue weighted by Crippen LogP contribution is 2.27. The molecule has 1 aromatic carbocycles. The van der Waals surface area contributed by atoms with Gasteiger partial charge in [-0.2, -0.15) is 0 Å². The Kier molecular flexibility index (Phi) is 3.93. The number of aliphatic hydroxyl groups is 2. The summed E-state index contributed by atoms with van der Waals surface area (Å²) in [5.41, 5.74) is 2.10. The van der Waals surface area contributed by atoms with E-state index in [4.69, 9.17) is 5.11 Å². The maximum atomic E-state index is 9.59. The first-order valence-electron chi connectivity index (χ1n) is 5.90. The van der Waals surface area contributed by atoms with Crippen LogP contribution < -0.4 is 5.32 Å². The van der Waals surface area contributed by atoms with Crippen molar-refractivity contribution in [2.24, 2.45) is 0 Å². The van der Waals surface area contributed by atoms with Crippen LogP contribution in [0.15, 0.2) is 24.3 Å². The van der Waals surface area contributed by atoms with E-state index < -0.39 is 6.10 Å². The van der Waals surface area contributed by atoms with E-state index in [-0.39, 0.29) is 6.61 Å². The third-order valence-corrected chi connectivity index (χ3v) is 3.28. The first-order chi connectivity index (χ1) is 7.81. The van der Waals surface area contributed by atoms with Crippen LogP contribution >= 0.6 is 0 Å². The van der Waals surface area contributed by atoms with E-state index in [1.165, 1.54) is 5.56 Å². The lowest BCUT2D eigenvalue weighted by molar-refractivity contribution is 0.0955. The Morgan fingerprint density at radius 3 is 2.75 bits per heavy atom. The molecule has 1 saturated heterocycles. The van der Waals surface area contributed by atoms with Gasteiger partial charge < -0.3 is 15.5 Å². The molecule has 1 aliphatic rings. The minimum absolute atomic E-state index is 0.213. The Labute approximate surface area is 96.1 Å². The quantitative estimate of drug-likeness (QED) is 0.718.